The Morgan fingerprint density at radius 1 is 1.35 bits per heavy atom. The van der Waals surface area contributed by atoms with Crippen molar-refractivity contribution in [2.45, 2.75) is 25.1 Å². The van der Waals surface area contributed by atoms with Crippen molar-refractivity contribution in [3.05, 3.63) is 36.5 Å². The molecule has 0 aromatic carbocycles. The van der Waals surface area contributed by atoms with Crippen molar-refractivity contribution in [2.24, 2.45) is 0 Å². The van der Waals surface area contributed by atoms with Gasteiger partial charge in [0, 0.05) is 24.5 Å². The summed E-state index contributed by atoms with van der Waals surface area (Å²) >= 11 is 0. The Balaban J connectivity index is 1.84. The molecule has 2 aromatic heterocycles. The highest BCUT2D eigenvalue weighted by Gasteiger charge is 2.36. The van der Waals surface area contributed by atoms with Gasteiger partial charge in [-0.1, -0.05) is 0 Å². The average molecular weight is 369 g/mol. The summed E-state index contributed by atoms with van der Waals surface area (Å²) in [6.07, 6.45) is 0.398. The number of pyridine rings is 1. The second-order valence-electron chi connectivity index (χ2n) is 5.79. The Labute approximate surface area is 146 Å². The molecule has 2 aromatic rings. The van der Waals surface area contributed by atoms with E-state index in [-0.39, 0.29) is 11.6 Å². The lowest BCUT2D eigenvalue weighted by molar-refractivity contribution is -0.139. The van der Waals surface area contributed by atoms with Crippen LogP contribution >= 0.6 is 0 Å². The molecular weight excluding hydrogens is 354 g/mol. The predicted molar refractivity (Wildman–Crippen MR) is 84.7 cm³/mol. The molecular formula is C16H15F4N5O. The van der Waals surface area contributed by atoms with Gasteiger partial charge in [0.15, 0.2) is 17.5 Å². The highest BCUT2D eigenvalue weighted by molar-refractivity contribution is 5.85. The molecule has 1 amide bonds. The summed E-state index contributed by atoms with van der Waals surface area (Å²) in [4.78, 5) is 25.5. The maximum absolute atomic E-state index is 14.3. The third kappa shape index (κ3) is 4.06. The van der Waals surface area contributed by atoms with Gasteiger partial charge in [-0.3, -0.25) is 9.78 Å². The zero-order valence-electron chi connectivity index (χ0n) is 13.5. The number of halogens is 4. The van der Waals surface area contributed by atoms with Gasteiger partial charge in [-0.15, -0.1) is 0 Å². The second-order valence-corrected chi connectivity index (χ2v) is 5.79. The molecule has 0 aliphatic carbocycles. The molecule has 26 heavy (non-hydrogen) atoms. The van der Waals surface area contributed by atoms with Crippen molar-refractivity contribution in [1.29, 1.82) is 0 Å². The largest absolute Gasteiger partial charge is 0.405 e. The van der Waals surface area contributed by atoms with Crippen molar-refractivity contribution in [3.8, 4) is 11.4 Å². The fourth-order valence-electron chi connectivity index (χ4n) is 2.79. The number of anilines is 1. The predicted octanol–water partition coefficient (Wildman–Crippen LogP) is 2.33. The lowest BCUT2D eigenvalue weighted by atomic mass is 10.2. The first-order chi connectivity index (χ1) is 12.3. The number of alkyl halides is 3. The molecule has 3 rings (SSSR count). The molecule has 1 saturated heterocycles. The zero-order chi connectivity index (χ0) is 18.7. The number of hydrogen-bond acceptors (Lipinski definition) is 5. The Bertz CT molecular complexity index is 784. The van der Waals surface area contributed by atoms with Crippen LogP contribution < -0.4 is 10.2 Å². The number of hydrogen-bond donors (Lipinski definition) is 1. The Hall–Kier alpha value is -2.78. The number of carbonyl (C=O) groups excluding carboxylic acids is 1. The zero-order valence-corrected chi connectivity index (χ0v) is 13.5. The van der Waals surface area contributed by atoms with E-state index in [0.717, 1.165) is 6.20 Å². The lowest BCUT2D eigenvalue weighted by Crippen LogP contribution is -2.46. The molecule has 0 spiro atoms. The van der Waals surface area contributed by atoms with Crippen LogP contribution in [0.4, 0.5) is 23.4 Å². The lowest BCUT2D eigenvalue weighted by Gasteiger charge is -2.25. The van der Waals surface area contributed by atoms with Gasteiger partial charge < -0.3 is 10.2 Å². The third-order valence-electron chi connectivity index (χ3n) is 3.94. The molecule has 0 unspecified atom stereocenters. The molecule has 6 nitrogen and oxygen atoms in total. The van der Waals surface area contributed by atoms with E-state index in [1.54, 1.807) is 18.3 Å². The molecule has 1 atom stereocenters. The molecule has 10 heteroatoms. The summed E-state index contributed by atoms with van der Waals surface area (Å²) in [6.45, 7) is -1.12. The molecule has 1 N–H and O–H groups in total. The fourth-order valence-corrected chi connectivity index (χ4v) is 2.79. The van der Waals surface area contributed by atoms with Gasteiger partial charge >= 0.3 is 6.18 Å². The normalized spacial score (nSPS) is 17.4. The first-order valence-corrected chi connectivity index (χ1v) is 7.89. The molecule has 138 valence electrons. The molecule has 1 aliphatic rings. The van der Waals surface area contributed by atoms with E-state index < -0.39 is 30.5 Å². The number of rotatable bonds is 4. The van der Waals surface area contributed by atoms with Crippen molar-refractivity contribution < 1.29 is 22.4 Å². The Kier molecular flexibility index (Phi) is 5.01. The molecule has 1 aliphatic heterocycles. The van der Waals surface area contributed by atoms with Gasteiger partial charge in [0.05, 0.1) is 6.20 Å². The number of carbonyl (C=O) groups is 1. The summed E-state index contributed by atoms with van der Waals surface area (Å²) in [6, 6.07) is 2.45. The third-order valence-corrected chi connectivity index (χ3v) is 3.94. The minimum absolute atomic E-state index is 0.108. The minimum Gasteiger partial charge on any atom is -0.345 e. The van der Waals surface area contributed by atoms with Crippen molar-refractivity contribution in [1.82, 2.24) is 20.3 Å². The van der Waals surface area contributed by atoms with E-state index in [1.807, 2.05) is 5.32 Å². The first-order valence-electron chi connectivity index (χ1n) is 7.89. The maximum Gasteiger partial charge on any atom is 0.405 e. The number of amides is 1. The second kappa shape index (κ2) is 7.22. The van der Waals surface area contributed by atoms with E-state index in [2.05, 4.69) is 15.0 Å². The average Bonchev–Trinajstić information content (AvgIpc) is 3.10. The van der Waals surface area contributed by atoms with E-state index in [1.165, 1.54) is 11.1 Å². The molecule has 0 bridgehead atoms. The molecule has 1 fully saturated rings. The summed E-state index contributed by atoms with van der Waals surface area (Å²) < 4.78 is 51.2. The van der Waals surface area contributed by atoms with E-state index in [9.17, 15) is 22.4 Å². The summed E-state index contributed by atoms with van der Waals surface area (Å²) in [5.41, 5.74) is 0.561. The topological polar surface area (TPSA) is 71.0 Å². The van der Waals surface area contributed by atoms with Gasteiger partial charge in [-0.2, -0.15) is 13.2 Å². The van der Waals surface area contributed by atoms with E-state index in [4.69, 9.17) is 0 Å². The highest BCUT2D eigenvalue weighted by Crippen LogP contribution is 2.28. The summed E-state index contributed by atoms with van der Waals surface area (Å²) in [5.74, 6) is -1.44. The Morgan fingerprint density at radius 2 is 2.15 bits per heavy atom. The monoisotopic (exact) mass is 369 g/mol. The van der Waals surface area contributed by atoms with Gasteiger partial charge in [-0.25, -0.2) is 14.4 Å². The van der Waals surface area contributed by atoms with Crippen LogP contribution in [-0.2, 0) is 4.79 Å². The first kappa shape index (κ1) is 18.0. The van der Waals surface area contributed by atoms with Crippen LogP contribution in [0.3, 0.4) is 0 Å². The van der Waals surface area contributed by atoms with E-state index in [0.29, 0.717) is 24.9 Å². The van der Waals surface area contributed by atoms with Gasteiger partial charge in [0.2, 0.25) is 5.91 Å². The summed E-state index contributed by atoms with van der Waals surface area (Å²) in [5, 5.41) is 1.85. The molecule has 3 heterocycles. The smallest absolute Gasteiger partial charge is 0.345 e. The summed E-state index contributed by atoms with van der Waals surface area (Å²) in [7, 11) is 0. The number of aromatic nitrogens is 3. The standard InChI is InChI=1S/C16H15F4N5O/c17-11-8-22-13(10-3-1-5-21-7-10)24-14(11)25-6-2-4-12(25)15(26)23-9-16(18,19)20/h1,3,5,7-8,12H,2,4,6,9H2,(H,23,26)/t12-/m1/s1. The number of nitrogens with one attached hydrogen (secondary N) is 1. The van der Waals surface area contributed by atoms with E-state index >= 15 is 0 Å². The van der Waals surface area contributed by atoms with Crippen LogP contribution in [0.1, 0.15) is 12.8 Å². The van der Waals surface area contributed by atoms with Crippen LogP contribution in [0.5, 0.6) is 0 Å². The van der Waals surface area contributed by atoms with Crippen LogP contribution in [-0.4, -0.2) is 46.2 Å². The van der Waals surface area contributed by atoms with Gasteiger partial charge in [0.25, 0.3) is 0 Å². The van der Waals surface area contributed by atoms with Crippen molar-refractivity contribution in [2.75, 3.05) is 18.0 Å². The van der Waals surface area contributed by atoms with Crippen LogP contribution in [0.2, 0.25) is 0 Å². The Morgan fingerprint density at radius 3 is 2.85 bits per heavy atom. The SMILES string of the molecule is O=C(NCC(F)(F)F)[C@H]1CCCN1c1nc(-c2cccnc2)ncc1F. The van der Waals surface area contributed by atoms with Crippen molar-refractivity contribution in [3.63, 3.8) is 0 Å². The quantitative estimate of drug-likeness (QED) is 0.838. The van der Waals surface area contributed by atoms with Gasteiger partial charge in [-0.05, 0) is 25.0 Å². The van der Waals surface area contributed by atoms with Crippen LogP contribution in [0, 0.1) is 5.82 Å². The van der Waals surface area contributed by atoms with Crippen LogP contribution in [0.25, 0.3) is 11.4 Å². The van der Waals surface area contributed by atoms with Crippen LogP contribution in [0.15, 0.2) is 30.7 Å². The fraction of sp³-hybridized carbons (Fsp3) is 0.375. The molecule has 0 radical (unpaired) electrons. The molecule has 0 saturated carbocycles. The van der Waals surface area contributed by atoms with Gasteiger partial charge in [0.1, 0.15) is 12.6 Å². The highest BCUT2D eigenvalue weighted by atomic mass is 19.4. The minimum atomic E-state index is -4.51. The maximum atomic E-state index is 14.3. The van der Waals surface area contributed by atoms with Crippen molar-refractivity contribution >= 4 is 11.7 Å². The number of nitrogens with zero attached hydrogens (tertiary/aromatic N) is 4.